The summed E-state index contributed by atoms with van der Waals surface area (Å²) < 4.78 is 8.06. The summed E-state index contributed by atoms with van der Waals surface area (Å²) in [6.07, 6.45) is 8.16. The van der Waals surface area contributed by atoms with Crippen LogP contribution in [0, 0.1) is 16.0 Å². The van der Waals surface area contributed by atoms with Gasteiger partial charge in [0.05, 0.1) is 11.1 Å². The number of hydrogen-bond donors (Lipinski definition) is 0. The smallest absolute Gasteiger partial charge is 0.294 e. The van der Waals surface area contributed by atoms with Gasteiger partial charge in [-0.2, -0.15) is 0 Å². The molecule has 1 unspecified atom stereocenters. The van der Waals surface area contributed by atoms with Gasteiger partial charge in [-0.1, -0.05) is 31.4 Å². The normalized spacial score (nSPS) is 20.2. The molecule has 0 radical (unpaired) electrons. The number of benzene rings is 1. The van der Waals surface area contributed by atoms with Gasteiger partial charge in [-0.05, 0) is 38.8 Å². The zero-order valence-corrected chi connectivity index (χ0v) is 19.6. The molecule has 1 amide bonds. The van der Waals surface area contributed by atoms with Gasteiger partial charge in [-0.15, -0.1) is 10.1 Å². The average Bonchev–Trinajstić information content (AvgIpc) is 3.17. The Labute approximate surface area is 194 Å². The highest BCUT2D eigenvalue weighted by atomic mass is 17.0. The van der Waals surface area contributed by atoms with Gasteiger partial charge in [0.15, 0.2) is 0 Å². The van der Waals surface area contributed by atoms with Gasteiger partial charge in [-0.3, -0.25) is 4.79 Å². The Morgan fingerprint density at radius 1 is 1.18 bits per heavy atom. The number of carbonyl (C=O) groups excluding carboxylic acids is 1. The molecule has 1 aliphatic carbocycles. The predicted octanol–water partition coefficient (Wildman–Crippen LogP) is 3.58. The van der Waals surface area contributed by atoms with Crippen LogP contribution in [0.4, 0.5) is 0 Å². The lowest BCUT2D eigenvalue weighted by molar-refractivity contribution is -0.757. The van der Waals surface area contributed by atoms with Gasteiger partial charge in [0.1, 0.15) is 19.0 Å². The van der Waals surface area contributed by atoms with E-state index < -0.39 is 5.09 Å². The lowest BCUT2D eigenvalue weighted by atomic mass is 9.89. The second-order valence-electron chi connectivity index (χ2n) is 9.34. The van der Waals surface area contributed by atoms with E-state index in [-0.39, 0.29) is 19.1 Å². The van der Waals surface area contributed by atoms with Crippen molar-refractivity contribution in [1.82, 2.24) is 14.4 Å². The maximum Gasteiger partial charge on any atom is 0.294 e. The van der Waals surface area contributed by atoms with Crippen LogP contribution in [0.15, 0.2) is 24.4 Å². The van der Waals surface area contributed by atoms with E-state index in [1.807, 2.05) is 29.3 Å². The molecule has 180 valence electrons. The first-order valence-electron chi connectivity index (χ1n) is 12.0. The molecule has 0 spiro atoms. The average molecular weight is 459 g/mol. The van der Waals surface area contributed by atoms with Crippen LogP contribution in [0.1, 0.15) is 49.4 Å². The van der Waals surface area contributed by atoms with Crippen LogP contribution in [0.3, 0.4) is 0 Å². The molecule has 4 rings (SSSR count). The van der Waals surface area contributed by atoms with Gasteiger partial charge < -0.3 is 23.9 Å². The van der Waals surface area contributed by atoms with Gasteiger partial charge in [-0.25, -0.2) is 0 Å². The molecule has 1 saturated carbocycles. The molecule has 1 atom stereocenters. The van der Waals surface area contributed by atoms with Crippen molar-refractivity contribution in [2.45, 2.75) is 51.6 Å². The highest BCUT2D eigenvalue weighted by molar-refractivity contribution is 6.08. The first-order chi connectivity index (χ1) is 15.9. The standard InChI is InChI=1S/C24H34N4O5/c1-18-15-26(12-11-25(18)2)24(29)21-17-27(16-19-7-4-3-5-8-19)23-20(21)9-6-10-22(23)32-13-14-33-28(30)31/h6,9-10,17-19H,3-5,7-8,11-16H2,1-2H3. The second-order valence-corrected chi connectivity index (χ2v) is 9.34. The molecular weight excluding hydrogens is 424 g/mol. The predicted molar refractivity (Wildman–Crippen MR) is 125 cm³/mol. The number of carbonyl (C=O) groups is 1. The van der Waals surface area contributed by atoms with Crippen LogP contribution in [0.5, 0.6) is 5.75 Å². The minimum atomic E-state index is -0.816. The quantitative estimate of drug-likeness (QED) is 0.341. The van der Waals surface area contributed by atoms with Gasteiger partial charge >= 0.3 is 0 Å². The van der Waals surface area contributed by atoms with Crippen molar-refractivity contribution in [3.8, 4) is 5.75 Å². The van der Waals surface area contributed by atoms with E-state index in [1.165, 1.54) is 32.1 Å². The maximum atomic E-state index is 13.6. The summed E-state index contributed by atoms with van der Waals surface area (Å²) in [6, 6.07) is 6.02. The Hall–Kier alpha value is -2.81. The number of likely N-dealkylation sites (N-methyl/N-ethyl adjacent to an activating group) is 1. The lowest BCUT2D eigenvalue weighted by Crippen LogP contribution is -2.52. The summed E-state index contributed by atoms with van der Waals surface area (Å²) in [6.45, 7) is 5.19. The number of rotatable bonds is 8. The summed E-state index contributed by atoms with van der Waals surface area (Å²) in [5, 5.41) is 10.5. The number of fused-ring (bicyclic) bond motifs is 1. The summed E-state index contributed by atoms with van der Waals surface area (Å²) in [5.41, 5.74) is 1.58. The molecule has 9 nitrogen and oxygen atoms in total. The third-order valence-corrected chi connectivity index (χ3v) is 7.06. The Kier molecular flexibility index (Phi) is 7.37. The fourth-order valence-electron chi connectivity index (χ4n) is 5.07. The van der Waals surface area contributed by atoms with Crippen LogP contribution in [-0.4, -0.2) is 71.3 Å². The Balaban J connectivity index is 1.64. The first-order valence-corrected chi connectivity index (χ1v) is 12.0. The number of piperazine rings is 1. The summed E-state index contributed by atoms with van der Waals surface area (Å²) in [4.78, 5) is 32.6. The SMILES string of the molecule is CC1CN(C(=O)c2cn(CC3CCCCC3)c3c(OCCO[N+](=O)[O-])cccc23)CCN1C. The van der Waals surface area contributed by atoms with E-state index in [1.54, 1.807) is 0 Å². The molecule has 2 aromatic rings. The molecule has 0 N–H and O–H groups in total. The van der Waals surface area contributed by atoms with E-state index in [9.17, 15) is 14.9 Å². The molecule has 1 aliphatic heterocycles. The fraction of sp³-hybridized carbons (Fsp3) is 0.625. The molecule has 33 heavy (non-hydrogen) atoms. The molecule has 1 aromatic heterocycles. The fourth-order valence-corrected chi connectivity index (χ4v) is 5.07. The van der Waals surface area contributed by atoms with Crippen LogP contribution in [0.2, 0.25) is 0 Å². The largest absolute Gasteiger partial charge is 0.489 e. The third kappa shape index (κ3) is 5.40. The number of amides is 1. The van der Waals surface area contributed by atoms with Gasteiger partial charge in [0.25, 0.3) is 11.0 Å². The number of aromatic nitrogens is 1. The van der Waals surface area contributed by atoms with Crippen LogP contribution < -0.4 is 4.74 Å². The number of nitrogens with zero attached hydrogens (tertiary/aromatic N) is 4. The van der Waals surface area contributed by atoms with Crippen molar-refractivity contribution < 1.29 is 19.5 Å². The number of para-hydroxylation sites is 1. The topological polar surface area (TPSA) is 90.1 Å². The minimum absolute atomic E-state index is 0.0520. The lowest BCUT2D eigenvalue weighted by Gasteiger charge is -2.37. The Morgan fingerprint density at radius 2 is 1.97 bits per heavy atom. The van der Waals surface area contributed by atoms with E-state index in [2.05, 4.69) is 28.3 Å². The molecular formula is C24H34N4O5. The van der Waals surface area contributed by atoms with Crippen molar-refractivity contribution in [1.29, 1.82) is 0 Å². The third-order valence-electron chi connectivity index (χ3n) is 7.06. The van der Waals surface area contributed by atoms with Gasteiger partial charge in [0, 0.05) is 43.8 Å². The van der Waals surface area contributed by atoms with Crippen LogP contribution in [0.25, 0.3) is 10.9 Å². The zero-order valence-electron chi connectivity index (χ0n) is 19.6. The number of hydrogen-bond acceptors (Lipinski definition) is 6. The molecule has 1 saturated heterocycles. The van der Waals surface area contributed by atoms with Crippen LogP contribution in [-0.2, 0) is 11.4 Å². The van der Waals surface area contributed by atoms with Crippen molar-refractivity contribution >= 4 is 16.8 Å². The van der Waals surface area contributed by atoms with Gasteiger partial charge in [0.2, 0.25) is 0 Å². The first kappa shape index (κ1) is 23.4. The van der Waals surface area contributed by atoms with Crippen LogP contribution >= 0.6 is 0 Å². The maximum absolute atomic E-state index is 13.6. The highest BCUT2D eigenvalue weighted by Crippen LogP contribution is 2.34. The van der Waals surface area contributed by atoms with E-state index in [0.29, 0.717) is 36.4 Å². The van der Waals surface area contributed by atoms with E-state index in [4.69, 9.17) is 4.74 Å². The summed E-state index contributed by atoms with van der Waals surface area (Å²) in [5.74, 6) is 1.25. The summed E-state index contributed by atoms with van der Waals surface area (Å²) >= 11 is 0. The Morgan fingerprint density at radius 3 is 2.70 bits per heavy atom. The molecule has 0 bridgehead atoms. The van der Waals surface area contributed by atoms with Crippen molar-refractivity contribution in [3.05, 3.63) is 40.1 Å². The molecule has 2 fully saturated rings. The van der Waals surface area contributed by atoms with Crippen molar-refractivity contribution in [2.24, 2.45) is 5.92 Å². The molecule has 2 aliphatic rings. The molecule has 2 heterocycles. The highest BCUT2D eigenvalue weighted by Gasteiger charge is 2.28. The monoisotopic (exact) mass is 458 g/mol. The molecule has 9 heteroatoms. The Bertz CT molecular complexity index is 985. The number of ether oxygens (including phenoxy) is 1. The van der Waals surface area contributed by atoms with Crippen molar-refractivity contribution in [3.63, 3.8) is 0 Å². The molecule has 1 aromatic carbocycles. The van der Waals surface area contributed by atoms with E-state index >= 15 is 0 Å². The summed E-state index contributed by atoms with van der Waals surface area (Å²) in [7, 11) is 2.09. The minimum Gasteiger partial charge on any atom is -0.489 e. The second kappa shape index (κ2) is 10.4. The zero-order chi connectivity index (χ0) is 23.4. The van der Waals surface area contributed by atoms with Crippen molar-refractivity contribution in [2.75, 3.05) is 39.9 Å². The van der Waals surface area contributed by atoms with E-state index in [0.717, 1.165) is 24.0 Å².